The Labute approximate surface area is 173 Å². The van der Waals surface area contributed by atoms with Gasteiger partial charge in [-0.3, -0.25) is 5.41 Å². The van der Waals surface area contributed by atoms with Gasteiger partial charge < -0.3 is 10.0 Å². The third-order valence-corrected chi connectivity index (χ3v) is 6.30. The third kappa shape index (κ3) is 3.21. The van der Waals surface area contributed by atoms with Gasteiger partial charge in [-0.25, -0.2) is 4.98 Å². The van der Waals surface area contributed by atoms with Crippen molar-refractivity contribution >= 4 is 40.0 Å². The summed E-state index contributed by atoms with van der Waals surface area (Å²) in [5.41, 5.74) is 5.38. The molecule has 0 amide bonds. The van der Waals surface area contributed by atoms with Gasteiger partial charge in [0.1, 0.15) is 16.6 Å². The van der Waals surface area contributed by atoms with Gasteiger partial charge in [0.15, 0.2) is 0 Å². The zero-order valence-electron chi connectivity index (χ0n) is 15.9. The summed E-state index contributed by atoms with van der Waals surface area (Å²) in [5.74, 6) is 0.396. The molecule has 3 aromatic rings. The number of rotatable bonds is 3. The molecule has 0 fully saturated rings. The number of amidine groups is 1. The van der Waals surface area contributed by atoms with Gasteiger partial charge in [0, 0.05) is 21.2 Å². The molecule has 0 saturated heterocycles. The number of aromatic nitrogens is 1. The van der Waals surface area contributed by atoms with Crippen LogP contribution in [0.15, 0.2) is 48.2 Å². The number of anilines is 1. The summed E-state index contributed by atoms with van der Waals surface area (Å²) >= 11 is 7.75. The highest BCUT2D eigenvalue weighted by Gasteiger charge is 2.32. The van der Waals surface area contributed by atoms with E-state index in [0.29, 0.717) is 15.6 Å². The molecule has 4 rings (SSSR count). The zero-order valence-corrected chi connectivity index (χ0v) is 17.4. The molecule has 0 radical (unpaired) electrons. The standard InChI is InChI=1S/C22H20ClN3OS/c1-12-4-7-15(8-5-12)20-14(3)28-22(25-20)19-18(27)11-26(21(19)24)16-9-6-13(2)17(23)10-16/h4-10,24,27H,11H2,1-3H3. The number of thiazole rings is 1. The summed E-state index contributed by atoms with van der Waals surface area (Å²) in [6, 6.07) is 13.9. The summed E-state index contributed by atoms with van der Waals surface area (Å²) < 4.78 is 0. The Morgan fingerprint density at radius 3 is 2.50 bits per heavy atom. The number of benzene rings is 2. The minimum absolute atomic E-state index is 0.158. The van der Waals surface area contributed by atoms with Gasteiger partial charge in [-0.1, -0.05) is 47.5 Å². The highest BCUT2D eigenvalue weighted by molar-refractivity contribution is 7.13. The minimum atomic E-state index is 0.158. The Hall–Kier alpha value is -2.63. The van der Waals surface area contributed by atoms with E-state index in [1.807, 2.05) is 32.0 Å². The van der Waals surface area contributed by atoms with Crippen molar-refractivity contribution in [1.29, 1.82) is 5.41 Å². The van der Waals surface area contributed by atoms with Crippen molar-refractivity contribution in [2.24, 2.45) is 0 Å². The number of aliphatic hydroxyl groups is 1. The van der Waals surface area contributed by atoms with E-state index >= 15 is 0 Å². The Balaban J connectivity index is 1.68. The molecule has 1 aromatic heterocycles. The predicted octanol–water partition coefficient (Wildman–Crippen LogP) is 6.16. The maximum Gasteiger partial charge on any atom is 0.139 e. The van der Waals surface area contributed by atoms with E-state index in [-0.39, 0.29) is 18.1 Å². The molecule has 2 N–H and O–H groups in total. The molecule has 1 aliphatic rings. The van der Waals surface area contributed by atoms with Crippen LogP contribution < -0.4 is 4.90 Å². The van der Waals surface area contributed by atoms with Gasteiger partial charge in [0.2, 0.25) is 0 Å². The molecule has 4 nitrogen and oxygen atoms in total. The van der Waals surface area contributed by atoms with Crippen LogP contribution in [0.1, 0.15) is 21.0 Å². The van der Waals surface area contributed by atoms with Crippen molar-refractivity contribution < 1.29 is 5.11 Å². The third-order valence-electron chi connectivity index (χ3n) is 4.91. The van der Waals surface area contributed by atoms with Crippen LogP contribution in [-0.2, 0) is 0 Å². The van der Waals surface area contributed by atoms with Crippen LogP contribution in [0.3, 0.4) is 0 Å². The molecule has 0 spiro atoms. The fourth-order valence-corrected chi connectivity index (χ4v) is 4.44. The van der Waals surface area contributed by atoms with Gasteiger partial charge in [-0.2, -0.15) is 0 Å². The molecule has 0 aliphatic carbocycles. The van der Waals surface area contributed by atoms with Crippen molar-refractivity contribution in [2.75, 3.05) is 11.4 Å². The molecular formula is C22H20ClN3OS. The average Bonchev–Trinajstić information content (AvgIpc) is 3.17. The number of nitrogens with one attached hydrogen (secondary N) is 1. The lowest BCUT2D eigenvalue weighted by atomic mass is 10.1. The van der Waals surface area contributed by atoms with E-state index in [2.05, 4.69) is 31.2 Å². The lowest BCUT2D eigenvalue weighted by Crippen LogP contribution is -2.26. The molecule has 0 saturated carbocycles. The second-order valence-corrected chi connectivity index (χ2v) is 8.59. The van der Waals surface area contributed by atoms with Crippen LogP contribution in [0, 0.1) is 26.2 Å². The molecule has 0 unspecified atom stereocenters. The largest absolute Gasteiger partial charge is 0.510 e. The monoisotopic (exact) mass is 409 g/mol. The SMILES string of the molecule is Cc1ccc(-c2nc(C3=C(O)CN(c4ccc(C)c(Cl)c4)C3=N)sc2C)cc1. The molecule has 0 bridgehead atoms. The van der Waals surface area contributed by atoms with E-state index < -0.39 is 0 Å². The fourth-order valence-electron chi connectivity index (χ4n) is 3.26. The van der Waals surface area contributed by atoms with E-state index in [1.54, 1.807) is 4.90 Å². The molecule has 2 aromatic carbocycles. The van der Waals surface area contributed by atoms with Gasteiger partial charge in [-0.05, 0) is 38.5 Å². The summed E-state index contributed by atoms with van der Waals surface area (Å²) in [7, 11) is 0. The van der Waals surface area contributed by atoms with Gasteiger partial charge in [-0.15, -0.1) is 11.3 Å². The second kappa shape index (κ2) is 7.08. The first-order valence-corrected chi connectivity index (χ1v) is 10.1. The van der Waals surface area contributed by atoms with E-state index in [9.17, 15) is 5.11 Å². The number of hydrogen-bond acceptors (Lipinski definition) is 4. The predicted molar refractivity (Wildman–Crippen MR) is 118 cm³/mol. The quantitative estimate of drug-likeness (QED) is 0.544. The van der Waals surface area contributed by atoms with Crippen LogP contribution in [0.5, 0.6) is 0 Å². The summed E-state index contributed by atoms with van der Waals surface area (Å²) in [6.45, 7) is 6.25. The molecule has 28 heavy (non-hydrogen) atoms. The Morgan fingerprint density at radius 1 is 1.11 bits per heavy atom. The first kappa shape index (κ1) is 18.7. The van der Waals surface area contributed by atoms with E-state index in [0.717, 1.165) is 27.4 Å². The first-order chi connectivity index (χ1) is 13.3. The number of aryl methyl sites for hydroxylation is 3. The maximum absolute atomic E-state index is 10.6. The number of hydrogen-bond donors (Lipinski definition) is 2. The highest BCUT2D eigenvalue weighted by Crippen LogP contribution is 2.37. The zero-order chi connectivity index (χ0) is 20.0. The summed E-state index contributed by atoms with van der Waals surface area (Å²) in [4.78, 5) is 7.57. The molecule has 2 heterocycles. The second-order valence-electron chi connectivity index (χ2n) is 6.98. The van der Waals surface area contributed by atoms with E-state index in [4.69, 9.17) is 22.0 Å². The van der Waals surface area contributed by atoms with Crippen LogP contribution in [0.4, 0.5) is 5.69 Å². The van der Waals surface area contributed by atoms with Crippen LogP contribution in [0.2, 0.25) is 5.02 Å². The fraction of sp³-hybridized carbons (Fsp3) is 0.182. The number of aliphatic hydroxyl groups excluding tert-OH is 1. The first-order valence-electron chi connectivity index (χ1n) is 8.94. The number of nitrogens with zero attached hydrogens (tertiary/aromatic N) is 2. The van der Waals surface area contributed by atoms with Crippen LogP contribution in [0.25, 0.3) is 16.8 Å². The topological polar surface area (TPSA) is 60.2 Å². The molecule has 6 heteroatoms. The van der Waals surface area contributed by atoms with E-state index in [1.165, 1.54) is 16.9 Å². The molecule has 0 atom stereocenters. The lowest BCUT2D eigenvalue weighted by molar-refractivity contribution is 0.411. The van der Waals surface area contributed by atoms with Crippen molar-refractivity contribution in [3.8, 4) is 11.3 Å². The van der Waals surface area contributed by atoms with Crippen LogP contribution >= 0.6 is 22.9 Å². The normalized spacial score (nSPS) is 14.3. The van der Waals surface area contributed by atoms with Crippen molar-refractivity contribution in [3.05, 3.63) is 74.3 Å². The van der Waals surface area contributed by atoms with Gasteiger partial charge in [0.05, 0.1) is 17.8 Å². The lowest BCUT2D eigenvalue weighted by Gasteiger charge is -2.19. The number of halogens is 1. The summed E-state index contributed by atoms with van der Waals surface area (Å²) in [6.07, 6.45) is 0. The van der Waals surface area contributed by atoms with Crippen LogP contribution in [-0.4, -0.2) is 22.5 Å². The van der Waals surface area contributed by atoms with Gasteiger partial charge >= 0.3 is 0 Å². The Morgan fingerprint density at radius 2 is 1.82 bits per heavy atom. The van der Waals surface area contributed by atoms with Crippen molar-refractivity contribution in [2.45, 2.75) is 20.8 Å². The van der Waals surface area contributed by atoms with Gasteiger partial charge in [0.25, 0.3) is 0 Å². The molecular weight excluding hydrogens is 390 g/mol. The Bertz CT molecular complexity index is 1120. The molecule has 1 aliphatic heterocycles. The van der Waals surface area contributed by atoms with Crippen molar-refractivity contribution in [1.82, 2.24) is 4.98 Å². The highest BCUT2D eigenvalue weighted by atomic mass is 35.5. The molecule has 142 valence electrons. The summed E-state index contributed by atoms with van der Waals surface area (Å²) in [5, 5.41) is 20.5. The smallest absolute Gasteiger partial charge is 0.139 e. The van der Waals surface area contributed by atoms with Crippen molar-refractivity contribution in [3.63, 3.8) is 0 Å². The average molecular weight is 410 g/mol. The Kier molecular flexibility index (Phi) is 4.73. The maximum atomic E-state index is 10.6. The minimum Gasteiger partial charge on any atom is -0.510 e.